The molecule has 2 rings (SSSR count). The Morgan fingerprint density at radius 3 is 2.72 bits per heavy atom. The number of anilines is 1. The number of hydrogen-bond acceptors (Lipinski definition) is 2. The molecule has 3 heteroatoms. The predicted molar refractivity (Wildman–Crippen MR) is 82.3 cm³/mol. The number of hydrogen-bond donors (Lipinski definition) is 1. The van der Waals surface area contributed by atoms with E-state index in [1.165, 1.54) is 16.5 Å². The zero-order valence-electron chi connectivity index (χ0n) is 11.2. The van der Waals surface area contributed by atoms with Crippen molar-refractivity contribution in [2.45, 2.75) is 33.6 Å². The van der Waals surface area contributed by atoms with Gasteiger partial charge in [-0.1, -0.05) is 35.3 Å². The van der Waals surface area contributed by atoms with Gasteiger partial charge in [0, 0.05) is 16.4 Å². The van der Waals surface area contributed by atoms with Gasteiger partial charge in [-0.25, -0.2) is 4.98 Å². The van der Waals surface area contributed by atoms with Gasteiger partial charge < -0.3 is 5.32 Å². The summed E-state index contributed by atoms with van der Waals surface area (Å²) in [5.41, 5.74) is 3.60. The molecule has 18 heavy (non-hydrogen) atoms. The van der Waals surface area contributed by atoms with Gasteiger partial charge in [0.1, 0.15) is 5.82 Å². The van der Waals surface area contributed by atoms with Gasteiger partial charge in [0.2, 0.25) is 0 Å². The molecule has 96 valence electrons. The first-order valence-electron chi connectivity index (χ1n) is 6.50. The van der Waals surface area contributed by atoms with Crippen molar-refractivity contribution in [1.29, 1.82) is 0 Å². The standard InChI is InChI=1S/C15H19BrN2/c1-4-6-12-9-11-7-8-13(16)10(3)14(11)18-15(12)17-5-2/h7-9H,4-6H2,1-3H3,(H,17,18). The summed E-state index contributed by atoms with van der Waals surface area (Å²) in [5.74, 6) is 1.04. The summed E-state index contributed by atoms with van der Waals surface area (Å²) in [6, 6.07) is 6.50. The van der Waals surface area contributed by atoms with E-state index in [1.54, 1.807) is 0 Å². The Bertz CT molecular complexity index is 564. The Hall–Kier alpha value is -1.09. The van der Waals surface area contributed by atoms with Crippen LogP contribution < -0.4 is 5.32 Å². The largest absolute Gasteiger partial charge is 0.370 e. The third kappa shape index (κ3) is 2.51. The van der Waals surface area contributed by atoms with E-state index in [-0.39, 0.29) is 0 Å². The Morgan fingerprint density at radius 2 is 2.06 bits per heavy atom. The van der Waals surface area contributed by atoms with E-state index in [2.05, 4.69) is 60.2 Å². The molecule has 0 aliphatic carbocycles. The number of nitrogens with zero attached hydrogens (tertiary/aromatic N) is 1. The second kappa shape index (κ2) is 5.70. The molecule has 0 fully saturated rings. The topological polar surface area (TPSA) is 24.9 Å². The van der Waals surface area contributed by atoms with Crippen molar-refractivity contribution in [2.75, 3.05) is 11.9 Å². The number of nitrogens with one attached hydrogen (secondary N) is 1. The highest BCUT2D eigenvalue weighted by Crippen LogP contribution is 2.28. The zero-order chi connectivity index (χ0) is 13.1. The van der Waals surface area contributed by atoms with E-state index in [1.807, 2.05) is 0 Å². The van der Waals surface area contributed by atoms with Crippen molar-refractivity contribution in [2.24, 2.45) is 0 Å². The van der Waals surface area contributed by atoms with Gasteiger partial charge in [-0.15, -0.1) is 0 Å². The highest BCUT2D eigenvalue weighted by atomic mass is 79.9. The Balaban J connectivity index is 2.64. The number of aryl methyl sites for hydroxylation is 2. The van der Waals surface area contributed by atoms with Crippen molar-refractivity contribution in [3.05, 3.63) is 33.8 Å². The molecule has 0 amide bonds. The number of rotatable bonds is 4. The third-order valence-electron chi connectivity index (χ3n) is 3.12. The van der Waals surface area contributed by atoms with Gasteiger partial charge in [0.25, 0.3) is 0 Å². The van der Waals surface area contributed by atoms with Gasteiger partial charge >= 0.3 is 0 Å². The second-order valence-corrected chi connectivity index (χ2v) is 5.37. The maximum Gasteiger partial charge on any atom is 0.129 e. The first kappa shape index (κ1) is 13.3. The lowest BCUT2D eigenvalue weighted by Gasteiger charge is -2.12. The van der Waals surface area contributed by atoms with Crippen LogP contribution in [0.15, 0.2) is 22.7 Å². The van der Waals surface area contributed by atoms with E-state index in [0.29, 0.717) is 0 Å². The number of halogens is 1. The number of aromatic nitrogens is 1. The summed E-state index contributed by atoms with van der Waals surface area (Å²) in [5, 5.41) is 4.60. The quantitative estimate of drug-likeness (QED) is 0.886. The van der Waals surface area contributed by atoms with Crippen molar-refractivity contribution in [3.63, 3.8) is 0 Å². The summed E-state index contributed by atoms with van der Waals surface area (Å²) in [4.78, 5) is 4.80. The predicted octanol–water partition coefficient (Wildman–Crippen LogP) is 4.69. The summed E-state index contributed by atoms with van der Waals surface area (Å²) in [6.07, 6.45) is 2.21. The minimum Gasteiger partial charge on any atom is -0.370 e. The summed E-state index contributed by atoms with van der Waals surface area (Å²) in [6.45, 7) is 7.32. The first-order valence-corrected chi connectivity index (χ1v) is 7.29. The molecule has 0 aliphatic rings. The van der Waals surface area contributed by atoms with Gasteiger partial charge in [-0.2, -0.15) is 0 Å². The van der Waals surface area contributed by atoms with E-state index < -0.39 is 0 Å². The van der Waals surface area contributed by atoms with Crippen LogP contribution in [0.3, 0.4) is 0 Å². The van der Waals surface area contributed by atoms with Crippen LogP contribution in [-0.2, 0) is 6.42 Å². The van der Waals surface area contributed by atoms with Crippen molar-refractivity contribution < 1.29 is 0 Å². The fourth-order valence-corrected chi connectivity index (χ4v) is 2.50. The number of pyridine rings is 1. The van der Waals surface area contributed by atoms with E-state index in [9.17, 15) is 0 Å². The molecule has 2 nitrogen and oxygen atoms in total. The lowest BCUT2D eigenvalue weighted by Crippen LogP contribution is -2.04. The maximum absolute atomic E-state index is 4.80. The zero-order valence-corrected chi connectivity index (χ0v) is 12.8. The van der Waals surface area contributed by atoms with Crippen LogP contribution in [0, 0.1) is 6.92 Å². The molecule has 0 spiro atoms. The van der Waals surface area contributed by atoms with Crippen molar-refractivity contribution in [1.82, 2.24) is 4.98 Å². The highest BCUT2D eigenvalue weighted by Gasteiger charge is 2.09. The molecule has 0 aliphatic heterocycles. The van der Waals surface area contributed by atoms with E-state index in [4.69, 9.17) is 4.98 Å². The minimum absolute atomic E-state index is 0.905. The van der Waals surface area contributed by atoms with Crippen LogP contribution in [0.25, 0.3) is 10.9 Å². The van der Waals surface area contributed by atoms with Gasteiger partial charge in [0.05, 0.1) is 5.52 Å². The van der Waals surface area contributed by atoms with Gasteiger partial charge in [-0.3, -0.25) is 0 Å². The molecule has 1 aromatic heterocycles. The SMILES string of the molecule is CCCc1cc2ccc(Br)c(C)c2nc1NCC. The second-order valence-electron chi connectivity index (χ2n) is 4.52. The minimum atomic E-state index is 0.905. The van der Waals surface area contributed by atoms with E-state index >= 15 is 0 Å². The molecule has 0 radical (unpaired) electrons. The van der Waals surface area contributed by atoms with Crippen LogP contribution >= 0.6 is 15.9 Å². The molecular weight excluding hydrogens is 288 g/mol. The fourth-order valence-electron chi connectivity index (χ4n) is 2.18. The lowest BCUT2D eigenvalue weighted by molar-refractivity contribution is 0.915. The number of benzene rings is 1. The molecule has 0 bridgehead atoms. The van der Waals surface area contributed by atoms with Crippen molar-refractivity contribution >= 4 is 32.7 Å². The summed E-state index contributed by atoms with van der Waals surface area (Å²) in [7, 11) is 0. The van der Waals surface area contributed by atoms with Crippen LogP contribution in [0.4, 0.5) is 5.82 Å². The third-order valence-corrected chi connectivity index (χ3v) is 3.98. The fraction of sp³-hybridized carbons (Fsp3) is 0.400. The monoisotopic (exact) mass is 306 g/mol. The smallest absolute Gasteiger partial charge is 0.129 e. The maximum atomic E-state index is 4.80. The van der Waals surface area contributed by atoms with Crippen LogP contribution in [0.1, 0.15) is 31.4 Å². The number of fused-ring (bicyclic) bond motifs is 1. The molecule has 2 aromatic rings. The molecule has 0 atom stereocenters. The van der Waals surface area contributed by atoms with Crippen LogP contribution in [0.2, 0.25) is 0 Å². The molecule has 1 aromatic carbocycles. The Labute approximate surface area is 117 Å². The molecule has 1 heterocycles. The van der Waals surface area contributed by atoms with Gasteiger partial charge in [0.15, 0.2) is 0 Å². The average Bonchev–Trinajstić information content (AvgIpc) is 2.36. The lowest BCUT2D eigenvalue weighted by atomic mass is 10.1. The summed E-state index contributed by atoms with van der Waals surface area (Å²) >= 11 is 3.57. The molecule has 0 unspecified atom stereocenters. The van der Waals surface area contributed by atoms with Crippen molar-refractivity contribution in [3.8, 4) is 0 Å². The average molecular weight is 307 g/mol. The Morgan fingerprint density at radius 1 is 1.28 bits per heavy atom. The highest BCUT2D eigenvalue weighted by molar-refractivity contribution is 9.10. The van der Waals surface area contributed by atoms with Crippen LogP contribution in [0.5, 0.6) is 0 Å². The van der Waals surface area contributed by atoms with Crippen LogP contribution in [-0.4, -0.2) is 11.5 Å². The molecular formula is C15H19BrN2. The normalized spacial score (nSPS) is 10.9. The van der Waals surface area contributed by atoms with Gasteiger partial charge in [-0.05, 0) is 43.5 Å². The summed E-state index contributed by atoms with van der Waals surface area (Å²) < 4.78 is 1.12. The molecule has 0 saturated heterocycles. The first-order chi connectivity index (χ1) is 8.67. The van der Waals surface area contributed by atoms with E-state index in [0.717, 1.165) is 35.2 Å². The molecule has 0 saturated carbocycles. The molecule has 1 N–H and O–H groups in total. The Kier molecular flexibility index (Phi) is 4.23.